The van der Waals surface area contributed by atoms with Crippen molar-refractivity contribution in [1.29, 1.82) is 0 Å². The van der Waals surface area contributed by atoms with E-state index in [4.69, 9.17) is 4.42 Å². The molecule has 1 N–H and O–H groups in total. The van der Waals surface area contributed by atoms with Gasteiger partial charge in [-0.3, -0.25) is 0 Å². The number of imidazole rings is 1. The van der Waals surface area contributed by atoms with Crippen LogP contribution in [0.4, 0.5) is 14.5 Å². The summed E-state index contributed by atoms with van der Waals surface area (Å²) in [5.74, 6) is 0.140. The Labute approximate surface area is 120 Å². The van der Waals surface area contributed by atoms with E-state index < -0.39 is 17.7 Å². The van der Waals surface area contributed by atoms with E-state index in [1.807, 2.05) is 7.05 Å². The standard InChI is InChI=1S/C15H13F2N3O/c1-20-7-6-18-15(20)14(13-3-2-8-21-13)19-12-9-10(16)4-5-11(12)17/h2-9,14,19H,1H3. The number of nitrogens with zero attached hydrogens (tertiary/aromatic N) is 2. The van der Waals surface area contributed by atoms with E-state index in [0.717, 1.165) is 18.2 Å². The van der Waals surface area contributed by atoms with Crippen molar-refractivity contribution >= 4 is 5.69 Å². The second-order valence-corrected chi connectivity index (χ2v) is 4.61. The van der Waals surface area contributed by atoms with E-state index >= 15 is 0 Å². The van der Waals surface area contributed by atoms with Crippen LogP contribution in [0.5, 0.6) is 0 Å². The SMILES string of the molecule is Cn1ccnc1C(Nc1cc(F)ccc1F)c1ccco1. The van der Waals surface area contributed by atoms with Crippen LogP contribution < -0.4 is 5.32 Å². The topological polar surface area (TPSA) is 43.0 Å². The second kappa shape index (κ2) is 5.40. The predicted molar refractivity (Wildman–Crippen MR) is 73.7 cm³/mol. The van der Waals surface area contributed by atoms with Crippen LogP contribution in [-0.2, 0) is 7.05 Å². The zero-order chi connectivity index (χ0) is 14.8. The third-order valence-corrected chi connectivity index (χ3v) is 3.17. The number of aryl methyl sites for hydroxylation is 1. The fraction of sp³-hybridized carbons (Fsp3) is 0.133. The highest BCUT2D eigenvalue weighted by molar-refractivity contribution is 5.48. The first-order chi connectivity index (χ1) is 10.1. The summed E-state index contributed by atoms with van der Waals surface area (Å²) in [6, 6.07) is 6.22. The smallest absolute Gasteiger partial charge is 0.146 e. The number of rotatable bonds is 4. The number of furan rings is 1. The van der Waals surface area contributed by atoms with E-state index in [9.17, 15) is 8.78 Å². The molecule has 0 bridgehead atoms. The van der Waals surface area contributed by atoms with E-state index in [-0.39, 0.29) is 5.69 Å². The molecule has 6 heteroatoms. The Kier molecular flexibility index (Phi) is 3.43. The van der Waals surface area contributed by atoms with Gasteiger partial charge in [0.1, 0.15) is 29.3 Å². The van der Waals surface area contributed by atoms with Crippen LogP contribution in [0.3, 0.4) is 0 Å². The summed E-state index contributed by atoms with van der Waals surface area (Å²) >= 11 is 0. The van der Waals surface area contributed by atoms with Crippen molar-refractivity contribution in [3.05, 3.63) is 72.2 Å². The van der Waals surface area contributed by atoms with Gasteiger partial charge >= 0.3 is 0 Å². The van der Waals surface area contributed by atoms with Crippen LogP contribution in [-0.4, -0.2) is 9.55 Å². The molecule has 4 nitrogen and oxygen atoms in total. The number of aromatic nitrogens is 2. The van der Waals surface area contributed by atoms with Crippen LogP contribution in [0, 0.1) is 11.6 Å². The minimum absolute atomic E-state index is 0.0550. The van der Waals surface area contributed by atoms with Crippen LogP contribution in [0.1, 0.15) is 17.6 Å². The summed E-state index contributed by atoms with van der Waals surface area (Å²) < 4.78 is 34.3. The van der Waals surface area contributed by atoms with Gasteiger partial charge in [-0.05, 0) is 30.3 Å². The summed E-state index contributed by atoms with van der Waals surface area (Å²) in [5.41, 5.74) is 0.0550. The molecule has 0 aliphatic carbocycles. The molecular weight excluding hydrogens is 276 g/mol. The molecule has 108 valence electrons. The third-order valence-electron chi connectivity index (χ3n) is 3.17. The van der Waals surface area contributed by atoms with E-state index in [1.165, 1.54) is 6.26 Å². The van der Waals surface area contributed by atoms with Gasteiger partial charge in [-0.1, -0.05) is 0 Å². The molecule has 0 saturated carbocycles. The average molecular weight is 289 g/mol. The molecular formula is C15H13F2N3O. The number of hydrogen-bond acceptors (Lipinski definition) is 3. The summed E-state index contributed by atoms with van der Waals surface area (Å²) in [7, 11) is 1.82. The maximum Gasteiger partial charge on any atom is 0.146 e. The molecule has 1 atom stereocenters. The van der Waals surface area contributed by atoms with Gasteiger partial charge < -0.3 is 14.3 Å². The quantitative estimate of drug-likeness (QED) is 0.799. The Balaban J connectivity index is 2.01. The van der Waals surface area contributed by atoms with E-state index in [1.54, 1.807) is 29.1 Å². The second-order valence-electron chi connectivity index (χ2n) is 4.61. The molecule has 21 heavy (non-hydrogen) atoms. The summed E-state index contributed by atoms with van der Waals surface area (Å²) in [5, 5.41) is 2.94. The maximum absolute atomic E-state index is 13.8. The zero-order valence-corrected chi connectivity index (χ0v) is 11.3. The molecule has 0 amide bonds. The lowest BCUT2D eigenvalue weighted by atomic mass is 10.2. The summed E-state index contributed by atoms with van der Waals surface area (Å²) in [6.45, 7) is 0. The first-order valence-electron chi connectivity index (χ1n) is 6.37. The van der Waals surface area contributed by atoms with Gasteiger partial charge in [0.15, 0.2) is 0 Å². The normalized spacial score (nSPS) is 12.3. The Bertz CT molecular complexity index is 737. The van der Waals surface area contributed by atoms with Gasteiger partial charge in [0, 0.05) is 19.4 Å². The van der Waals surface area contributed by atoms with Crippen LogP contribution in [0.2, 0.25) is 0 Å². The van der Waals surface area contributed by atoms with Crippen molar-refractivity contribution in [2.45, 2.75) is 6.04 Å². The van der Waals surface area contributed by atoms with Crippen molar-refractivity contribution in [2.24, 2.45) is 7.05 Å². The summed E-state index contributed by atoms with van der Waals surface area (Å²) in [4.78, 5) is 4.24. The number of hydrogen-bond donors (Lipinski definition) is 1. The minimum atomic E-state index is -0.540. The van der Waals surface area contributed by atoms with Gasteiger partial charge in [0.2, 0.25) is 0 Å². The van der Waals surface area contributed by atoms with Gasteiger partial charge in [0.05, 0.1) is 12.0 Å². The molecule has 2 aromatic heterocycles. The van der Waals surface area contributed by atoms with Gasteiger partial charge in [0.25, 0.3) is 0 Å². The lowest BCUT2D eigenvalue weighted by Crippen LogP contribution is -2.17. The molecule has 1 unspecified atom stereocenters. The number of benzene rings is 1. The highest BCUT2D eigenvalue weighted by atomic mass is 19.1. The largest absolute Gasteiger partial charge is 0.467 e. The number of nitrogens with one attached hydrogen (secondary N) is 1. The van der Waals surface area contributed by atoms with Gasteiger partial charge in [-0.25, -0.2) is 13.8 Å². The van der Waals surface area contributed by atoms with Crippen molar-refractivity contribution in [3.8, 4) is 0 Å². The molecule has 0 aliphatic heterocycles. The highest BCUT2D eigenvalue weighted by Gasteiger charge is 2.22. The average Bonchev–Trinajstić information content (AvgIpc) is 3.11. The Hall–Kier alpha value is -2.63. The lowest BCUT2D eigenvalue weighted by molar-refractivity contribution is 0.487. The van der Waals surface area contributed by atoms with E-state index in [2.05, 4.69) is 10.3 Å². The molecule has 0 spiro atoms. The van der Waals surface area contributed by atoms with Crippen LogP contribution in [0.25, 0.3) is 0 Å². The molecule has 0 saturated heterocycles. The maximum atomic E-state index is 13.8. The predicted octanol–water partition coefficient (Wildman–Crippen LogP) is 3.49. The lowest BCUT2D eigenvalue weighted by Gasteiger charge is -2.18. The Morgan fingerprint density at radius 2 is 2.14 bits per heavy atom. The first-order valence-corrected chi connectivity index (χ1v) is 6.37. The van der Waals surface area contributed by atoms with Crippen molar-refractivity contribution in [3.63, 3.8) is 0 Å². The fourth-order valence-electron chi connectivity index (χ4n) is 2.14. The first kappa shape index (κ1) is 13.4. The zero-order valence-electron chi connectivity index (χ0n) is 11.3. The molecule has 0 fully saturated rings. The van der Waals surface area contributed by atoms with Crippen molar-refractivity contribution in [2.75, 3.05) is 5.32 Å². The van der Waals surface area contributed by atoms with Gasteiger partial charge in [-0.15, -0.1) is 0 Å². The molecule has 1 aromatic carbocycles. The number of anilines is 1. The van der Waals surface area contributed by atoms with Crippen molar-refractivity contribution in [1.82, 2.24) is 9.55 Å². The van der Waals surface area contributed by atoms with Gasteiger partial charge in [-0.2, -0.15) is 0 Å². The third kappa shape index (κ3) is 2.65. The van der Waals surface area contributed by atoms with Crippen LogP contribution >= 0.6 is 0 Å². The highest BCUT2D eigenvalue weighted by Crippen LogP contribution is 2.27. The number of halogens is 2. The van der Waals surface area contributed by atoms with E-state index in [0.29, 0.717) is 11.6 Å². The monoisotopic (exact) mass is 289 g/mol. The molecule has 3 aromatic rings. The fourth-order valence-corrected chi connectivity index (χ4v) is 2.14. The molecule has 0 radical (unpaired) electrons. The Morgan fingerprint density at radius 1 is 1.29 bits per heavy atom. The summed E-state index contributed by atoms with van der Waals surface area (Å²) in [6.07, 6.45) is 4.93. The Morgan fingerprint density at radius 3 is 2.81 bits per heavy atom. The van der Waals surface area contributed by atoms with Crippen molar-refractivity contribution < 1.29 is 13.2 Å². The minimum Gasteiger partial charge on any atom is -0.467 e. The molecule has 0 aliphatic rings. The van der Waals surface area contributed by atoms with Crippen LogP contribution in [0.15, 0.2) is 53.4 Å². The molecule has 3 rings (SSSR count). The molecule has 2 heterocycles.